The zero-order chi connectivity index (χ0) is 22.9. The van der Waals surface area contributed by atoms with Gasteiger partial charge in [-0.2, -0.15) is 0 Å². The molecule has 0 aromatic heterocycles. The number of alkyl halides is 2. The summed E-state index contributed by atoms with van der Waals surface area (Å²) < 4.78 is 28.8. The lowest BCUT2D eigenvalue weighted by Crippen LogP contribution is -2.35. The van der Waals surface area contributed by atoms with E-state index in [1.807, 2.05) is 0 Å². The van der Waals surface area contributed by atoms with Gasteiger partial charge in [0.1, 0.15) is 0 Å². The number of allylic oxidation sites excluding steroid dienone is 5. The Kier molecular flexibility index (Phi) is 7.59. The third-order valence-corrected chi connectivity index (χ3v) is 9.12. The van der Waals surface area contributed by atoms with Crippen molar-refractivity contribution in [2.75, 3.05) is 0 Å². The van der Waals surface area contributed by atoms with Gasteiger partial charge in [-0.3, -0.25) is 0 Å². The molecule has 2 heteroatoms. The molecule has 4 unspecified atom stereocenters. The molecule has 0 aliphatic heterocycles. The fourth-order valence-corrected chi connectivity index (χ4v) is 6.58. The van der Waals surface area contributed by atoms with Crippen LogP contribution in [0.1, 0.15) is 112 Å². The third-order valence-electron chi connectivity index (χ3n) is 9.12. The monoisotopic (exact) mass is 432 g/mol. The fourth-order valence-electron chi connectivity index (χ4n) is 6.58. The van der Waals surface area contributed by atoms with Crippen LogP contribution in [0, 0.1) is 28.6 Å². The summed E-state index contributed by atoms with van der Waals surface area (Å²) in [5, 5.41) is 0. The maximum absolute atomic E-state index is 14.4. The van der Waals surface area contributed by atoms with Crippen molar-refractivity contribution in [2.24, 2.45) is 28.6 Å². The normalized spacial score (nSPS) is 35.1. The fraction of sp³-hybridized carbons (Fsp3) is 0.793. The van der Waals surface area contributed by atoms with Gasteiger partial charge in [0.25, 0.3) is 5.92 Å². The van der Waals surface area contributed by atoms with Gasteiger partial charge in [-0.1, -0.05) is 70.1 Å². The Hall–Kier alpha value is -0.920. The van der Waals surface area contributed by atoms with Gasteiger partial charge in [0.05, 0.1) is 0 Å². The van der Waals surface area contributed by atoms with Gasteiger partial charge in [-0.15, -0.1) is 0 Å². The highest BCUT2D eigenvalue weighted by Crippen LogP contribution is 2.59. The largest absolute Gasteiger partial charge is 0.252 e. The van der Waals surface area contributed by atoms with Crippen LogP contribution in [0.5, 0.6) is 0 Å². The Morgan fingerprint density at radius 1 is 1.10 bits per heavy atom. The molecule has 0 saturated heterocycles. The van der Waals surface area contributed by atoms with Crippen LogP contribution >= 0.6 is 0 Å². The second-order valence-electron chi connectivity index (χ2n) is 12.2. The topological polar surface area (TPSA) is 0 Å². The maximum atomic E-state index is 14.4. The van der Waals surface area contributed by atoms with Crippen molar-refractivity contribution >= 4 is 0 Å². The molecular formula is C29H46F2. The minimum Gasteiger partial charge on any atom is -0.206 e. The molecule has 3 saturated carbocycles. The first kappa shape index (κ1) is 24.7. The van der Waals surface area contributed by atoms with Crippen LogP contribution in [0.3, 0.4) is 0 Å². The van der Waals surface area contributed by atoms with Crippen molar-refractivity contribution in [2.45, 2.75) is 118 Å². The Balaban J connectivity index is 1.58. The highest BCUT2D eigenvalue weighted by Gasteiger charge is 2.49. The average molecular weight is 433 g/mol. The first-order valence-corrected chi connectivity index (χ1v) is 12.9. The van der Waals surface area contributed by atoms with E-state index < -0.39 is 11.3 Å². The molecule has 0 bridgehead atoms. The van der Waals surface area contributed by atoms with E-state index in [1.54, 1.807) is 31.9 Å². The second kappa shape index (κ2) is 9.52. The summed E-state index contributed by atoms with van der Waals surface area (Å²) in [6, 6.07) is 0. The van der Waals surface area contributed by atoms with Crippen molar-refractivity contribution in [1.29, 1.82) is 0 Å². The van der Waals surface area contributed by atoms with E-state index in [1.165, 1.54) is 50.5 Å². The molecular weight excluding hydrogens is 386 g/mol. The summed E-state index contributed by atoms with van der Waals surface area (Å²) >= 11 is 0. The first-order valence-electron chi connectivity index (χ1n) is 12.9. The summed E-state index contributed by atoms with van der Waals surface area (Å²) in [7, 11) is 0. The minimum atomic E-state index is -2.57. The van der Waals surface area contributed by atoms with Crippen LogP contribution in [0.25, 0.3) is 0 Å². The Morgan fingerprint density at radius 2 is 1.84 bits per heavy atom. The molecule has 0 nitrogen and oxygen atoms in total. The van der Waals surface area contributed by atoms with Gasteiger partial charge in [0.15, 0.2) is 0 Å². The highest BCUT2D eigenvalue weighted by atomic mass is 19.3. The highest BCUT2D eigenvalue weighted by molar-refractivity contribution is 5.22. The Morgan fingerprint density at radius 3 is 2.52 bits per heavy atom. The molecule has 176 valence electrons. The first-order chi connectivity index (χ1) is 14.4. The standard InChI is InChI=1S/C29H46F2/c1-21-14-15-23(20-22(21)2)10-7-11-24-12-8-18-28(6)25(16-17-26(24)28)13-9-19-29(30,31)27(3,4)5/h10-11,22,25-26H,1,7-9,12-20H2,2-6H3/b23-10-,24-11+. The maximum Gasteiger partial charge on any atom is 0.252 e. The quantitative estimate of drug-likeness (QED) is 0.366. The summed E-state index contributed by atoms with van der Waals surface area (Å²) in [4.78, 5) is 0. The number of rotatable bonds is 6. The van der Waals surface area contributed by atoms with Crippen molar-refractivity contribution in [1.82, 2.24) is 0 Å². The van der Waals surface area contributed by atoms with Crippen LogP contribution in [0.15, 0.2) is 35.5 Å². The molecule has 4 atom stereocenters. The summed E-state index contributed by atoms with van der Waals surface area (Å²) in [6.45, 7) is 14.0. The number of hydrogen-bond donors (Lipinski definition) is 0. The van der Waals surface area contributed by atoms with Crippen LogP contribution in [-0.4, -0.2) is 5.92 Å². The van der Waals surface area contributed by atoms with E-state index in [0.717, 1.165) is 19.3 Å². The lowest BCUT2D eigenvalue weighted by molar-refractivity contribution is -0.105. The van der Waals surface area contributed by atoms with Gasteiger partial charge in [0, 0.05) is 11.8 Å². The van der Waals surface area contributed by atoms with Crippen molar-refractivity contribution in [3.05, 3.63) is 35.5 Å². The molecule has 0 radical (unpaired) electrons. The molecule has 3 fully saturated rings. The smallest absolute Gasteiger partial charge is 0.206 e. The van der Waals surface area contributed by atoms with Crippen LogP contribution < -0.4 is 0 Å². The number of fused-ring (bicyclic) bond motifs is 1. The van der Waals surface area contributed by atoms with Gasteiger partial charge >= 0.3 is 0 Å². The van der Waals surface area contributed by atoms with Crippen molar-refractivity contribution < 1.29 is 8.78 Å². The Labute approximate surface area is 190 Å². The summed E-state index contributed by atoms with van der Waals surface area (Å²) in [5.74, 6) is -0.648. The van der Waals surface area contributed by atoms with Gasteiger partial charge in [-0.25, -0.2) is 8.78 Å². The molecule has 0 heterocycles. The molecule has 0 N–H and O–H groups in total. The second-order valence-corrected chi connectivity index (χ2v) is 12.2. The zero-order valence-electron chi connectivity index (χ0n) is 20.8. The molecule has 0 aromatic carbocycles. The predicted octanol–water partition coefficient (Wildman–Crippen LogP) is 9.67. The minimum absolute atomic E-state index is 0.0366. The van der Waals surface area contributed by atoms with E-state index in [-0.39, 0.29) is 6.42 Å². The molecule has 3 rings (SSSR count). The average Bonchev–Trinajstić information content (AvgIpc) is 3.01. The van der Waals surface area contributed by atoms with E-state index in [0.29, 0.717) is 29.6 Å². The van der Waals surface area contributed by atoms with Gasteiger partial charge in [-0.05, 0) is 93.8 Å². The van der Waals surface area contributed by atoms with E-state index >= 15 is 0 Å². The van der Waals surface area contributed by atoms with Gasteiger partial charge in [0.2, 0.25) is 0 Å². The number of hydrogen-bond acceptors (Lipinski definition) is 0. The molecule has 0 aromatic rings. The van der Waals surface area contributed by atoms with E-state index in [2.05, 4.69) is 32.6 Å². The van der Waals surface area contributed by atoms with Crippen LogP contribution in [0.4, 0.5) is 8.78 Å². The predicted molar refractivity (Wildman–Crippen MR) is 129 cm³/mol. The van der Waals surface area contributed by atoms with E-state index in [9.17, 15) is 8.78 Å². The van der Waals surface area contributed by atoms with Crippen molar-refractivity contribution in [3.63, 3.8) is 0 Å². The molecule has 0 amide bonds. The van der Waals surface area contributed by atoms with E-state index in [4.69, 9.17) is 0 Å². The van der Waals surface area contributed by atoms with Gasteiger partial charge < -0.3 is 0 Å². The Bertz CT molecular complexity index is 705. The summed E-state index contributed by atoms with van der Waals surface area (Å²) in [5.41, 5.74) is 4.08. The van der Waals surface area contributed by atoms with Crippen LogP contribution in [0.2, 0.25) is 0 Å². The van der Waals surface area contributed by atoms with Crippen LogP contribution in [-0.2, 0) is 0 Å². The van der Waals surface area contributed by atoms with Crippen molar-refractivity contribution in [3.8, 4) is 0 Å². The molecule has 3 aliphatic carbocycles. The number of halogens is 2. The SMILES string of the molecule is C=C1CC/C(=C/C/C=C2\CCCC3(C)C(CCCC(F)(F)C(C)(C)C)CCC23)CC1C. The third kappa shape index (κ3) is 5.53. The molecule has 31 heavy (non-hydrogen) atoms. The molecule has 0 spiro atoms. The zero-order valence-corrected chi connectivity index (χ0v) is 20.8. The lowest BCUT2D eigenvalue weighted by Gasteiger charge is -2.43. The summed E-state index contributed by atoms with van der Waals surface area (Å²) in [6.07, 6.45) is 17.5. The molecule has 3 aliphatic rings. The lowest BCUT2D eigenvalue weighted by atomic mass is 9.62.